The first-order chi connectivity index (χ1) is 20.6. The Labute approximate surface area is 253 Å². The monoisotopic (exact) mass is 576 g/mol. The summed E-state index contributed by atoms with van der Waals surface area (Å²) < 4.78 is 11.2. The fourth-order valence-electron chi connectivity index (χ4n) is 6.53. The molecule has 42 heavy (non-hydrogen) atoms. The van der Waals surface area contributed by atoms with E-state index in [4.69, 9.17) is 9.47 Å². The number of benzene rings is 2. The summed E-state index contributed by atoms with van der Waals surface area (Å²) >= 11 is 0. The van der Waals surface area contributed by atoms with Crippen LogP contribution in [0.1, 0.15) is 98.8 Å². The van der Waals surface area contributed by atoms with Crippen LogP contribution in [0.15, 0.2) is 48.5 Å². The molecule has 2 aromatic rings. The van der Waals surface area contributed by atoms with Crippen LogP contribution >= 0.6 is 0 Å². The van der Waals surface area contributed by atoms with Gasteiger partial charge < -0.3 is 19.3 Å². The first-order valence-electron chi connectivity index (χ1n) is 16.6. The minimum absolute atomic E-state index is 0.0246. The lowest BCUT2D eigenvalue weighted by Gasteiger charge is -2.31. The Morgan fingerprint density at radius 2 is 0.952 bits per heavy atom. The van der Waals surface area contributed by atoms with E-state index in [9.17, 15) is 9.59 Å². The minimum atomic E-state index is -0.0246. The van der Waals surface area contributed by atoms with Crippen LogP contribution < -0.4 is 9.47 Å². The van der Waals surface area contributed by atoms with Crippen molar-refractivity contribution in [2.24, 2.45) is 11.8 Å². The number of hydrogen-bond acceptors (Lipinski definition) is 6. The molecule has 0 bridgehead atoms. The summed E-state index contributed by atoms with van der Waals surface area (Å²) in [5.74, 6) is 2.03. The van der Waals surface area contributed by atoms with Crippen LogP contribution in [-0.2, 0) is 0 Å². The molecule has 6 nitrogen and oxygen atoms in total. The number of hydrogen-bond donors (Lipinski definition) is 0. The molecule has 0 N–H and O–H groups in total. The van der Waals surface area contributed by atoms with Crippen molar-refractivity contribution in [1.29, 1.82) is 0 Å². The van der Waals surface area contributed by atoms with E-state index >= 15 is 0 Å². The highest BCUT2D eigenvalue weighted by atomic mass is 16.5. The Hall–Kier alpha value is -2.70. The van der Waals surface area contributed by atoms with Crippen molar-refractivity contribution >= 4 is 11.6 Å². The molecular formula is C36H52N2O4. The van der Waals surface area contributed by atoms with Crippen LogP contribution in [-0.4, -0.2) is 73.8 Å². The molecule has 0 spiro atoms. The third-order valence-electron chi connectivity index (χ3n) is 8.85. The van der Waals surface area contributed by atoms with Gasteiger partial charge in [-0.1, -0.05) is 25.7 Å². The predicted octanol–water partition coefficient (Wildman–Crippen LogP) is 7.31. The number of carbonyl (C=O) groups excluding carboxylic acids is 2. The van der Waals surface area contributed by atoms with E-state index in [0.29, 0.717) is 13.2 Å². The lowest BCUT2D eigenvalue weighted by Crippen LogP contribution is -2.37. The summed E-state index contributed by atoms with van der Waals surface area (Å²) in [5.41, 5.74) is 1.54. The predicted molar refractivity (Wildman–Crippen MR) is 170 cm³/mol. The zero-order valence-corrected chi connectivity index (χ0v) is 26.0. The van der Waals surface area contributed by atoms with Crippen molar-refractivity contribution in [2.45, 2.75) is 78.1 Å². The van der Waals surface area contributed by atoms with Crippen LogP contribution in [0, 0.1) is 11.8 Å². The van der Waals surface area contributed by atoms with Gasteiger partial charge in [0.15, 0.2) is 11.6 Å². The van der Waals surface area contributed by atoms with Gasteiger partial charge in [-0.15, -0.1) is 0 Å². The SMILES string of the molecule is CCOc1ccc(C(=O)[C@H](CCCC[C@H](CN2CCCCC2)C(=O)c2ccc(OCC)cc2)CN2CCCCC2)cc1. The zero-order chi connectivity index (χ0) is 29.6. The summed E-state index contributed by atoms with van der Waals surface area (Å²) in [6.45, 7) is 11.2. The van der Waals surface area contributed by atoms with Crippen molar-refractivity contribution in [3.63, 3.8) is 0 Å². The van der Waals surface area contributed by atoms with Gasteiger partial charge in [-0.05, 0) is 127 Å². The van der Waals surface area contributed by atoms with Gasteiger partial charge in [-0.2, -0.15) is 0 Å². The number of carbonyl (C=O) groups is 2. The molecule has 2 fully saturated rings. The number of piperidine rings is 2. The van der Waals surface area contributed by atoms with Gasteiger partial charge in [-0.25, -0.2) is 0 Å². The second kappa shape index (κ2) is 17.4. The Kier molecular flexibility index (Phi) is 13.4. The summed E-state index contributed by atoms with van der Waals surface area (Å²) in [7, 11) is 0. The lowest BCUT2D eigenvalue weighted by molar-refractivity contribution is 0.0833. The first kappa shape index (κ1) is 32.2. The van der Waals surface area contributed by atoms with E-state index in [2.05, 4.69) is 9.80 Å². The molecule has 230 valence electrons. The van der Waals surface area contributed by atoms with Crippen molar-refractivity contribution in [1.82, 2.24) is 9.80 Å². The summed E-state index contributed by atoms with van der Waals surface area (Å²) in [6.07, 6.45) is 11.1. The van der Waals surface area contributed by atoms with Gasteiger partial charge in [0.05, 0.1) is 13.2 Å². The standard InChI is InChI=1S/C36H52N2O4/c1-3-41-33-19-15-29(16-20-33)35(39)31(27-37-23-9-5-10-24-37)13-7-8-14-32(28-38-25-11-6-12-26-38)36(40)30-17-21-34(22-18-30)42-4-2/h15-22,31-32H,3-14,23-28H2,1-2H3/t31-,32-/m1/s1. The summed E-state index contributed by atoms with van der Waals surface area (Å²) in [6, 6.07) is 15.3. The molecule has 0 radical (unpaired) electrons. The largest absolute Gasteiger partial charge is 0.494 e. The molecule has 2 atom stereocenters. The van der Waals surface area contributed by atoms with Crippen LogP contribution in [0.3, 0.4) is 0 Å². The number of nitrogens with zero attached hydrogens (tertiary/aromatic N) is 2. The van der Waals surface area contributed by atoms with E-state index in [1.165, 1.54) is 38.5 Å². The number of Topliss-reactive ketones (excluding diaryl/α,β-unsaturated/α-hetero) is 2. The molecular weight excluding hydrogens is 524 g/mol. The van der Waals surface area contributed by atoms with E-state index in [0.717, 1.165) is 87.6 Å². The first-order valence-corrected chi connectivity index (χ1v) is 16.6. The van der Waals surface area contributed by atoms with Gasteiger partial charge in [0, 0.05) is 36.1 Å². The van der Waals surface area contributed by atoms with Gasteiger partial charge in [0.25, 0.3) is 0 Å². The van der Waals surface area contributed by atoms with E-state index in [1.807, 2.05) is 62.4 Å². The Balaban J connectivity index is 1.39. The second-order valence-corrected chi connectivity index (χ2v) is 12.0. The van der Waals surface area contributed by atoms with Crippen molar-refractivity contribution in [2.75, 3.05) is 52.5 Å². The van der Waals surface area contributed by atoms with Gasteiger partial charge in [0.1, 0.15) is 11.5 Å². The summed E-state index contributed by atoms with van der Waals surface area (Å²) in [5, 5.41) is 0. The molecule has 0 aliphatic carbocycles. The van der Waals surface area contributed by atoms with Gasteiger partial charge in [0.2, 0.25) is 0 Å². The maximum Gasteiger partial charge on any atom is 0.167 e. The molecule has 2 aromatic carbocycles. The van der Waals surface area contributed by atoms with Gasteiger partial charge in [-0.3, -0.25) is 9.59 Å². The van der Waals surface area contributed by atoms with E-state index in [-0.39, 0.29) is 23.4 Å². The molecule has 0 aromatic heterocycles. The number of likely N-dealkylation sites (tertiary alicyclic amines) is 2. The highest BCUT2D eigenvalue weighted by Gasteiger charge is 2.26. The van der Waals surface area contributed by atoms with E-state index < -0.39 is 0 Å². The number of unbranched alkanes of at least 4 members (excludes halogenated alkanes) is 1. The van der Waals surface area contributed by atoms with Crippen LogP contribution in [0.25, 0.3) is 0 Å². The number of rotatable bonds is 17. The maximum atomic E-state index is 13.7. The normalized spacial score (nSPS) is 17.9. The van der Waals surface area contributed by atoms with Crippen molar-refractivity contribution in [3.05, 3.63) is 59.7 Å². The van der Waals surface area contributed by atoms with Crippen LogP contribution in [0.5, 0.6) is 11.5 Å². The molecule has 2 aliphatic rings. The Bertz CT molecular complexity index is 985. The quantitative estimate of drug-likeness (QED) is 0.145. The van der Waals surface area contributed by atoms with E-state index in [1.54, 1.807) is 0 Å². The molecule has 2 heterocycles. The van der Waals surface area contributed by atoms with Crippen LogP contribution in [0.2, 0.25) is 0 Å². The average Bonchev–Trinajstić information content (AvgIpc) is 3.03. The highest BCUT2D eigenvalue weighted by molar-refractivity contribution is 5.98. The minimum Gasteiger partial charge on any atom is -0.494 e. The molecule has 2 saturated heterocycles. The van der Waals surface area contributed by atoms with Gasteiger partial charge >= 0.3 is 0 Å². The highest BCUT2D eigenvalue weighted by Crippen LogP contribution is 2.25. The fourth-order valence-corrected chi connectivity index (χ4v) is 6.53. The smallest absolute Gasteiger partial charge is 0.167 e. The molecule has 4 rings (SSSR count). The molecule has 2 aliphatic heterocycles. The van der Waals surface area contributed by atoms with Crippen molar-refractivity contribution < 1.29 is 19.1 Å². The number of ketones is 2. The molecule has 0 unspecified atom stereocenters. The number of ether oxygens (including phenoxy) is 2. The second-order valence-electron chi connectivity index (χ2n) is 12.0. The maximum absolute atomic E-state index is 13.7. The average molecular weight is 577 g/mol. The van der Waals surface area contributed by atoms with Crippen LogP contribution in [0.4, 0.5) is 0 Å². The topological polar surface area (TPSA) is 59.1 Å². The van der Waals surface area contributed by atoms with Crippen molar-refractivity contribution in [3.8, 4) is 11.5 Å². The summed E-state index contributed by atoms with van der Waals surface area (Å²) in [4.78, 5) is 32.4. The Morgan fingerprint density at radius 3 is 1.29 bits per heavy atom. The Morgan fingerprint density at radius 1 is 0.595 bits per heavy atom. The molecule has 0 amide bonds. The molecule has 0 saturated carbocycles. The fraction of sp³-hybridized carbons (Fsp3) is 0.611. The molecule has 6 heteroatoms. The zero-order valence-electron chi connectivity index (χ0n) is 26.0. The third kappa shape index (κ3) is 9.95. The third-order valence-corrected chi connectivity index (χ3v) is 8.85. The lowest BCUT2D eigenvalue weighted by atomic mass is 9.88.